The van der Waals surface area contributed by atoms with Gasteiger partial charge in [0.05, 0.1) is 6.61 Å². The molecule has 1 saturated carbocycles. The van der Waals surface area contributed by atoms with Crippen LogP contribution in [0.4, 0.5) is 13.2 Å². The fourth-order valence-electron chi connectivity index (χ4n) is 0.717. The minimum atomic E-state index is -4.48. The molecule has 1 aliphatic rings. The maximum absolute atomic E-state index is 11.3. The minimum absolute atomic E-state index is 0.282. The van der Waals surface area contributed by atoms with Gasteiger partial charge >= 0.3 is 6.36 Å². The van der Waals surface area contributed by atoms with Crippen LogP contribution in [0.3, 0.4) is 0 Å². The van der Waals surface area contributed by atoms with Gasteiger partial charge in [-0.2, -0.15) is 0 Å². The minimum Gasteiger partial charge on any atom is -0.312 e. The lowest BCUT2D eigenvalue weighted by Gasteiger charge is -2.06. The van der Waals surface area contributed by atoms with Crippen LogP contribution in [-0.2, 0) is 4.74 Å². The quantitative estimate of drug-likeness (QED) is 0.640. The lowest BCUT2D eigenvalue weighted by Crippen LogP contribution is -2.25. The van der Waals surface area contributed by atoms with Crippen molar-refractivity contribution in [2.75, 3.05) is 13.2 Å². The van der Waals surface area contributed by atoms with Gasteiger partial charge in [-0.15, -0.1) is 13.2 Å². The van der Waals surface area contributed by atoms with Crippen molar-refractivity contribution in [3.8, 4) is 0 Å². The van der Waals surface area contributed by atoms with Crippen LogP contribution in [0.15, 0.2) is 0 Å². The molecule has 1 aliphatic carbocycles. The molecule has 0 aromatic rings. The van der Waals surface area contributed by atoms with Crippen molar-refractivity contribution in [2.45, 2.75) is 25.2 Å². The largest absolute Gasteiger partial charge is 0.522 e. The number of halogens is 3. The van der Waals surface area contributed by atoms with E-state index in [4.69, 9.17) is 0 Å². The first kappa shape index (κ1) is 8.80. The van der Waals surface area contributed by atoms with E-state index in [1.807, 2.05) is 0 Å². The number of rotatable bonds is 4. The van der Waals surface area contributed by atoms with Gasteiger partial charge in [0.1, 0.15) is 0 Å². The van der Waals surface area contributed by atoms with Crippen molar-refractivity contribution in [3.63, 3.8) is 0 Å². The first-order chi connectivity index (χ1) is 5.08. The first-order valence-electron chi connectivity index (χ1n) is 3.52. The zero-order valence-electron chi connectivity index (χ0n) is 5.95. The molecule has 0 aromatic carbocycles. The highest BCUT2D eigenvalue weighted by molar-refractivity contribution is 4.80. The molecule has 0 amide bonds. The molecule has 66 valence electrons. The van der Waals surface area contributed by atoms with E-state index in [0.29, 0.717) is 6.04 Å². The predicted molar refractivity (Wildman–Crippen MR) is 33.0 cm³/mol. The van der Waals surface area contributed by atoms with Gasteiger partial charge in [-0.05, 0) is 12.8 Å². The van der Waals surface area contributed by atoms with Crippen molar-refractivity contribution in [1.82, 2.24) is 5.32 Å². The maximum Gasteiger partial charge on any atom is 0.522 e. The third-order valence-electron chi connectivity index (χ3n) is 1.38. The smallest absolute Gasteiger partial charge is 0.312 e. The molecule has 0 aromatic heterocycles. The van der Waals surface area contributed by atoms with Gasteiger partial charge in [-0.1, -0.05) is 0 Å². The highest BCUT2D eigenvalue weighted by atomic mass is 19.4. The summed E-state index contributed by atoms with van der Waals surface area (Å²) >= 11 is 0. The molecule has 11 heavy (non-hydrogen) atoms. The molecule has 1 N–H and O–H groups in total. The summed E-state index contributed by atoms with van der Waals surface area (Å²) < 4.78 is 37.6. The molecule has 0 radical (unpaired) electrons. The van der Waals surface area contributed by atoms with Gasteiger partial charge in [-0.25, -0.2) is 0 Å². The molecule has 0 aliphatic heterocycles. The van der Waals surface area contributed by atoms with Gasteiger partial charge in [0.25, 0.3) is 0 Å². The highest BCUT2D eigenvalue weighted by Gasteiger charge is 2.29. The lowest BCUT2D eigenvalue weighted by molar-refractivity contribution is -0.323. The van der Waals surface area contributed by atoms with Crippen molar-refractivity contribution in [3.05, 3.63) is 0 Å². The normalized spacial score (nSPS) is 18.8. The van der Waals surface area contributed by atoms with E-state index in [-0.39, 0.29) is 13.2 Å². The topological polar surface area (TPSA) is 21.3 Å². The zero-order valence-corrected chi connectivity index (χ0v) is 5.95. The zero-order chi connectivity index (χ0) is 8.32. The molecule has 0 saturated heterocycles. The molecule has 0 spiro atoms. The van der Waals surface area contributed by atoms with Crippen molar-refractivity contribution in [1.29, 1.82) is 0 Å². The van der Waals surface area contributed by atoms with Crippen LogP contribution >= 0.6 is 0 Å². The van der Waals surface area contributed by atoms with Crippen LogP contribution in [0, 0.1) is 0 Å². The fraction of sp³-hybridized carbons (Fsp3) is 1.00. The number of ether oxygens (including phenoxy) is 1. The van der Waals surface area contributed by atoms with Crippen molar-refractivity contribution in [2.24, 2.45) is 0 Å². The second kappa shape index (κ2) is 3.40. The van der Waals surface area contributed by atoms with E-state index in [1.165, 1.54) is 0 Å². The molecule has 0 unspecified atom stereocenters. The van der Waals surface area contributed by atoms with Crippen LogP contribution in [0.25, 0.3) is 0 Å². The van der Waals surface area contributed by atoms with Crippen molar-refractivity contribution < 1.29 is 17.9 Å². The number of hydrogen-bond acceptors (Lipinski definition) is 2. The van der Waals surface area contributed by atoms with Gasteiger partial charge in [0, 0.05) is 12.6 Å². The summed E-state index contributed by atoms with van der Waals surface area (Å²) in [5.74, 6) is 0. The Labute approximate surface area is 62.7 Å². The molecule has 1 rings (SSSR count). The van der Waals surface area contributed by atoms with E-state index in [1.54, 1.807) is 0 Å². The summed E-state index contributed by atoms with van der Waals surface area (Å²) in [6.45, 7) is -0.00975. The third kappa shape index (κ3) is 5.03. The standard InChI is InChI=1S/C6H10F3NO/c7-6(8,9)11-4-3-10-5-1-2-5/h5,10H,1-4H2. The molecule has 2 nitrogen and oxygen atoms in total. The summed E-state index contributed by atoms with van der Waals surface area (Å²) in [6.07, 6.45) is -2.33. The summed E-state index contributed by atoms with van der Waals surface area (Å²) in [7, 11) is 0. The van der Waals surface area contributed by atoms with Crippen LogP contribution in [0.1, 0.15) is 12.8 Å². The number of nitrogens with one attached hydrogen (secondary N) is 1. The second-order valence-corrected chi connectivity index (χ2v) is 2.52. The van der Waals surface area contributed by atoms with Gasteiger partial charge in [-0.3, -0.25) is 4.74 Å². The molecule has 0 bridgehead atoms. The third-order valence-corrected chi connectivity index (χ3v) is 1.38. The molecule has 5 heteroatoms. The Kier molecular flexibility index (Phi) is 2.72. The monoisotopic (exact) mass is 169 g/mol. The van der Waals surface area contributed by atoms with Crippen LogP contribution < -0.4 is 5.32 Å². The molecule has 0 atom stereocenters. The van der Waals surface area contributed by atoms with E-state index >= 15 is 0 Å². The average Bonchev–Trinajstić information content (AvgIpc) is 2.60. The fourth-order valence-corrected chi connectivity index (χ4v) is 0.717. The average molecular weight is 169 g/mol. The van der Waals surface area contributed by atoms with E-state index < -0.39 is 6.36 Å². The second-order valence-electron chi connectivity index (χ2n) is 2.52. The molecule has 1 fully saturated rings. The maximum atomic E-state index is 11.3. The summed E-state index contributed by atoms with van der Waals surface area (Å²) in [6, 6.07) is 0.437. The Morgan fingerprint density at radius 1 is 1.36 bits per heavy atom. The van der Waals surface area contributed by atoms with Crippen LogP contribution in [0.5, 0.6) is 0 Å². The van der Waals surface area contributed by atoms with Crippen LogP contribution in [-0.4, -0.2) is 25.6 Å². The van der Waals surface area contributed by atoms with Gasteiger partial charge in [0.2, 0.25) is 0 Å². The Morgan fingerprint density at radius 2 is 2.00 bits per heavy atom. The molecular formula is C6H10F3NO. The van der Waals surface area contributed by atoms with E-state index in [2.05, 4.69) is 10.1 Å². The first-order valence-corrected chi connectivity index (χ1v) is 3.52. The Balaban J connectivity index is 1.87. The Bertz CT molecular complexity index is 121. The molecule has 0 heterocycles. The molecular weight excluding hydrogens is 159 g/mol. The number of alkyl halides is 3. The van der Waals surface area contributed by atoms with E-state index in [9.17, 15) is 13.2 Å². The Morgan fingerprint density at radius 3 is 2.45 bits per heavy atom. The highest BCUT2D eigenvalue weighted by Crippen LogP contribution is 2.18. The van der Waals surface area contributed by atoms with E-state index in [0.717, 1.165) is 12.8 Å². The summed E-state index contributed by atoms with van der Waals surface area (Å²) in [5, 5.41) is 2.90. The van der Waals surface area contributed by atoms with Gasteiger partial charge in [0.15, 0.2) is 0 Å². The van der Waals surface area contributed by atoms with Crippen LogP contribution in [0.2, 0.25) is 0 Å². The Hall–Kier alpha value is -0.290. The summed E-state index contributed by atoms with van der Waals surface area (Å²) in [4.78, 5) is 0. The SMILES string of the molecule is FC(F)(F)OCCNC1CC1. The summed E-state index contributed by atoms with van der Waals surface area (Å²) in [5.41, 5.74) is 0. The lowest BCUT2D eigenvalue weighted by atomic mass is 10.6. The predicted octanol–water partition coefficient (Wildman–Crippen LogP) is 1.27. The van der Waals surface area contributed by atoms with Gasteiger partial charge < -0.3 is 5.32 Å². The number of hydrogen-bond donors (Lipinski definition) is 1. The van der Waals surface area contributed by atoms with Crippen molar-refractivity contribution >= 4 is 0 Å².